The zero-order chi connectivity index (χ0) is 15.5. The molecule has 0 fully saturated rings. The molecule has 0 saturated heterocycles. The Hall–Kier alpha value is -1.58. The fourth-order valence-corrected chi connectivity index (χ4v) is 2.60. The average Bonchev–Trinajstić information content (AvgIpc) is 2.41. The predicted octanol–water partition coefficient (Wildman–Crippen LogP) is 4.02. The third kappa shape index (κ3) is 4.19. The lowest BCUT2D eigenvalue weighted by molar-refractivity contribution is 0.0593. The number of aliphatic hydroxyl groups is 1. The third-order valence-electron chi connectivity index (χ3n) is 3.34. The Morgan fingerprint density at radius 3 is 2.48 bits per heavy atom. The maximum Gasteiger partial charge on any atom is 0.126 e. The van der Waals surface area contributed by atoms with Crippen molar-refractivity contribution in [1.29, 1.82) is 0 Å². The Labute approximate surface area is 129 Å². The summed E-state index contributed by atoms with van der Waals surface area (Å²) in [6, 6.07) is 11.7. The zero-order valence-corrected chi connectivity index (χ0v) is 12.8. The normalized spacial score (nSPS) is 13.8. The first-order valence-electron chi connectivity index (χ1n) is 6.69. The Morgan fingerprint density at radius 2 is 1.81 bits per heavy atom. The molecule has 0 aliphatic carbocycles. The van der Waals surface area contributed by atoms with E-state index in [0.717, 1.165) is 5.56 Å². The van der Waals surface area contributed by atoms with Gasteiger partial charge in [-0.2, -0.15) is 0 Å². The molecule has 0 aromatic heterocycles. The van der Waals surface area contributed by atoms with Crippen LogP contribution in [-0.4, -0.2) is 17.8 Å². The van der Waals surface area contributed by atoms with E-state index in [1.165, 1.54) is 6.07 Å². The molecule has 4 heteroatoms. The second-order valence-corrected chi connectivity index (χ2v) is 5.83. The number of ether oxygens (including phenoxy) is 1. The quantitative estimate of drug-likeness (QED) is 0.904. The van der Waals surface area contributed by atoms with E-state index in [0.29, 0.717) is 22.8 Å². The number of rotatable bonds is 5. The molecule has 1 unspecified atom stereocenters. The van der Waals surface area contributed by atoms with Gasteiger partial charge in [-0.05, 0) is 42.3 Å². The van der Waals surface area contributed by atoms with Crippen molar-refractivity contribution in [2.45, 2.75) is 25.4 Å². The monoisotopic (exact) mass is 308 g/mol. The van der Waals surface area contributed by atoms with Gasteiger partial charge < -0.3 is 9.84 Å². The highest BCUT2D eigenvalue weighted by Gasteiger charge is 2.24. The van der Waals surface area contributed by atoms with Crippen LogP contribution in [0.3, 0.4) is 0 Å². The van der Waals surface area contributed by atoms with E-state index in [1.807, 2.05) is 0 Å². The number of hydrogen-bond acceptors (Lipinski definition) is 2. The van der Waals surface area contributed by atoms with Gasteiger partial charge in [0.2, 0.25) is 0 Å². The van der Waals surface area contributed by atoms with Crippen LogP contribution < -0.4 is 4.74 Å². The minimum atomic E-state index is -1.10. The summed E-state index contributed by atoms with van der Waals surface area (Å²) < 4.78 is 19.0. The number of methoxy groups -OCH3 is 1. The lowest BCUT2D eigenvalue weighted by Gasteiger charge is -2.25. The maximum absolute atomic E-state index is 13.7. The van der Waals surface area contributed by atoms with E-state index in [4.69, 9.17) is 16.3 Å². The van der Waals surface area contributed by atoms with Crippen LogP contribution in [0.15, 0.2) is 42.5 Å². The van der Waals surface area contributed by atoms with Crippen LogP contribution in [0.1, 0.15) is 18.1 Å². The van der Waals surface area contributed by atoms with Crippen molar-refractivity contribution < 1.29 is 14.2 Å². The predicted molar refractivity (Wildman–Crippen MR) is 82.4 cm³/mol. The van der Waals surface area contributed by atoms with E-state index >= 15 is 0 Å². The van der Waals surface area contributed by atoms with Gasteiger partial charge in [-0.3, -0.25) is 0 Å². The highest BCUT2D eigenvalue weighted by Crippen LogP contribution is 2.28. The Kier molecular flexibility index (Phi) is 4.86. The van der Waals surface area contributed by atoms with Crippen molar-refractivity contribution in [3.63, 3.8) is 0 Å². The van der Waals surface area contributed by atoms with Crippen LogP contribution >= 0.6 is 11.6 Å². The summed E-state index contributed by atoms with van der Waals surface area (Å²) in [7, 11) is 1.57. The van der Waals surface area contributed by atoms with Gasteiger partial charge in [0.05, 0.1) is 12.7 Å². The summed E-state index contributed by atoms with van der Waals surface area (Å²) >= 11 is 5.99. The summed E-state index contributed by atoms with van der Waals surface area (Å²) in [4.78, 5) is 0. The van der Waals surface area contributed by atoms with Gasteiger partial charge >= 0.3 is 0 Å². The molecule has 1 N–H and O–H groups in total. The van der Waals surface area contributed by atoms with Crippen molar-refractivity contribution in [3.05, 3.63) is 64.4 Å². The van der Waals surface area contributed by atoms with Gasteiger partial charge in [0.15, 0.2) is 0 Å². The zero-order valence-electron chi connectivity index (χ0n) is 12.1. The highest BCUT2D eigenvalue weighted by atomic mass is 35.5. The maximum atomic E-state index is 13.7. The molecular weight excluding hydrogens is 291 g/mol. The van der Waals surface area contributed by atoms with E-state index in [-0.39, 0.29) is 12.2 Å². The molecule has 0 heterocycles. The van der Waals surface area contributed by atoms with Crippen LogP contribution in [0.5, 0.6) is 5.75 Å². The molecule has 2 rings (SSSR count). The van der Waals surface area contributed by atoms with Gasteiger partial charge in [-0.15, -0.1) is 0 Å². The van der Waals surface area contributed by atoms with Gasteiger partial charge in [0.25, 0.3) is 0 Å². The largest absolute Gasteiger partial charge is 0.496 e. The third-order valence-corrected chi connectivity index (χ3v) is 3.58. The standard InChI is InChI=1S/C17H18ClFO2/c1-17(20,10-12-5-3-4-6-15(12)19)11-13-9-14(18)7-8-16(13)21-2/h3-9,20H,10-11H2,1-2H3. The van der Waals surface area contributed by atoms with Gasteiger partial charge in [0, 0.05) is 17.9 Å². The SMILES string of the molecule is COc1ccc(Cl)cc1CC(C)(O)Cc1ccccc1F. The van der Waals surface area contributed by atoms with Crippen LogP contribution in [0.2, 0.25) is 5.02 Å². The Morgan fingerprint density at radius 1 is 1.14 bits per heavy atom. The topological polar surface area (TPSA) is 29.5 Å². The molecule has 2 aromatic carbocycles. The van der Waals surface area contributed by atoms with Crippen LogP contribution in [0.25, 0.3) is 0 Å². The second kappa shape index (κ2) is 6.46. The molecule has 1 atom stereocenters. The lowest BCUT2D eigenvalue weighted by atomic mass is 9.89. The summed E-state index contributed by atoms with van der Waals surface area (Å²) in [5.41, 5.74) is 0.190. The minimum Gasteiger partial charge on any atom is -0.496 e. The van der Waals surface area contributed by atoms with Crippen LogP contribution in [0, 0.1) is 5.82 Å². The fourth-order valence-electron chi connectivity index (χ4n) is 2.41. The van der Waals surface area contributed by atoms with Crippen molar-refractivity contribution in [1.82, 2.24) is 0 Å². The summed E-state index contributed by atoms with van der Waals surface area (Å²) in [5.74, 6) is 0.351. The van der Waals surface area contributed by atoms with Crippen LogP contribution in [0.4, 0.5) is 4.39 Å². The van der Waals surface area contributed by atoms with Crippen molar-refractivity contribution in [2.75, 3.05) is 7.11 Å². The van der Waals surface area contributed by atoms with Crippen LogP contribution in [-0.2, 0) is 12.8 Å². The smallest absolute Gasteiger partial charge is 0.126 e. The first kappa shape index (κ1) is 15.8. The van der Waals surface area contributed by atoms with Crippen molar-refractivity contribution >= 4 is 11.6 Å². The lowest BCUT2D eigenvalue weighted by Crippen LogP contribution is -2.30. The van der Waals surface area contributed by atoms with E-state index in [2.05, 4.69) is 0 Å². The minimum absolute atomic E-state index is 0.218. The van der Waals surface area contributed by atoms with Gasteiger partial charge in [-0.1, -0.05) is 29.8 Å². The fraction of sp³-hybridized carbons (Fsp3) is 0.294. The molecule has 0 radical (unpaired) electrons. The molecule has 0 spiro atoms. The van der Waals surface area contributed by atoms with Crippen molar-refractivity contribution in [3.8, 4) is 5.75 Å². The molecule has 2 nitrogen and oxygen atoms in total. The summed E-state index contributed by atoms with van der Waals surface area (Å²) in [6.07, 6.45) is 0.542. The molecule has 0 bridgehead atoms. The number of halogens is 2. The Bertz CT molecular complexity index is 626. The first-order chi connectivity index (χ1) is 9.91. The highest BCUT2D eigenvalue weighted by molar-refractivity contribution is 6.30. The molecule has 0 amide bonds. The number of benzene rings is 2. The van der Waals surface area contributed by atoms with Gasteiger partial charge in [-0.25, -0.2) is 4.39 Å². The van der Waals surface area contributed by atoms with E-state index in [1.54, 1.807) is 50.4 Å². The molecule has 2 aromatic rings. The van der Waals surface area contributed by atoms with Crippen molar-refractivity contribution in [2.24, 2.45) is 0 Å². The van der Waals surface area contributed by atoms with E-state index in [9.17, 15) is 9.50 Å². The summed E-state index contributed by atoms with van der Waals surface area (Å²) in [6.45, 7) is 1.68. The summed E-state index contributed by atoms with van der Waals surface area (Å²) in [5, 5.41) is 11.2. The molecule has 0 aliphatic heterocycles. The molecular formula is C17H18ClFO2. The molecule has 0 aliphatic rings. The average molecular weight is 309 g/mol. The second-order valence-electron chi connectivity index (χ2n) is 5.40. The van der Waals surface area contributed by atoms with E-state index < -0.39 is 5.60 Å². The first-order valence-corrected chi connectivity index (χ1v) is 7.07. The number of hydrogen-bond donors (Lipinski definition) is 1. The molecule has 21 heavy (non-hydrogen) atoms. The molecule has 112 valence electrons. The Balaban J connectivity index is 2.21. The molecule has 0 saturated carbocycles. The van der Waals surface area contributed by atoms with Gasteiger partial charge in [0.1, 0.15) is 11.6 Å².